The van der Waals surface area contributed by atoms with Gasteiger partial charge in [-0.05, 0) is 62.0 Å². The Bertz CT molecular complexity index is 872. The minimum Gasteiger partial charge on any atom is -0.392 e. The summed E-state index contributed by atoms with van der Waals surface area (Å²) in [6, 6.07) is 8.11. The normalized spacial score (nSPS) is 27.3. The summed E-state index contributed by atoms with van der Waals surface area (Å²) in [6.07, 6.45) is 4.96. The zero-order chi connectivity index (χ0) is 19.8. The van der Waals surface area contributed by atoms with Crippen LogP contribution in [-0.2, 0) is 4.79 Å². The van der Waals surface area contributed by atoms with Crippen LogP contribution in [0, 0.1) is 16.9 Å². The quantitative estimate of drug-likeness (QED) is 0.417. The number of ketones is 1. The summed E-state index contributed by atoms with van der Waals surface area (Å²) in [5.74, 6) is 3.40. The van der Waals surface area contributed by atoms with Gasteiger partial charge in [0.1, 0.15) is 8.07 Å². The van der Waals surface area contributed by atoms with Crippen molar-refractivity contribution in [2.24, 2.45) is 5.41 Å². The summed E-state index contributed by atoms with van der Waals surface area (Å²) in [6.45, 7) is 10.7. The van der Waals surface area contributed by atoms with Crippen LogP contribution >= 0.6 is 0 Å². The molecule has 1 saturated carbocycles. The first-order valence-corrected chi connectivity index (χ1v) is 13.4. The zero-order valence-electron chi connectivity index (χ0n) is 17.1. The summed E-state index contributed by atoms with van der Waals surface area (Å²) in [7, 11) is -1.38. The molecule has 1 aromatic rings. The summed E-state index contributed by atoms with van der Waals surface area (Å²) in [5.41, 5.74) is 7.92. The number of Topliss-reactive ketones (excluding diaryl/α,β-unsaturated/α-hetero) is 1. The summed E-state index contributed by atoms with van der Waals surface area (Å²) in [5, 5.41) is 10.6. The largest absolute Gasteiger partial charge is 0.392 e. The van der Waals surface area contributed by atoms with Crippen LogP contribution in [-0.4, -0.2) is 25.1 Å². The van der Waals surface area contributed by atoms with Crippen molar-refractivity contribution in [2.75, 3.05) is 0 Å². The van der Waals surface area contributed by atoms with Crippen LogP contribution in [0.25, 0.3) is 6.08 Å². The number of hydrogen-bond donors (Lipinski definition) is 1. The van der Waals surface area contributed by atoms with Crippen molar-refractivity contribution in [1.82, 2.24) is 0 Å². The van der Waals surface area contributed by atoms with Crippen LogP contribution in [0.5, 0.6) is 0 Å². The lowest BCUT2D eigenvalue weighted by Crippen LogP contribution is -2.42. The lowest BCUT2D eigenvalue weighted by molar-refractivity contribution is -0.113. The van der Waals surface area contributed by atoms with E-state index in [-0.39, 0.29) is 17.3 Å². The topological polar surface area (TPSA) is 37.3 Å². The number of hydrogen-bond acceptors (Lipinski definition) is 2. The first-order chi connectivity index (χ1) is 12.6. The number of aliphatic hydroxyl groups excluding tert-OH is 1. The SMILES string of the molecule is CC1=C2CCC[C@H](O)[C@@]2(C)CC(=Cc2ccc(C#C[Si](C)(C)C)cc2)C1=O. The van der Waals surface area contributed by atoms with E-state index in [0.29, 0.717) is 6.42 Å². The number of carbonyl (C=O) groups excluding carboxylic acids is 1. The molecule has 0 spiro atoms. The second-order valence-electron chi connectivity index (χ2n) is 9.23. The standard InChI is InChI=1S/C24H30O2Si/c1-17-21-7-6-8-22(25)24(21,2)16-20(23(17)26)15-19-11-9-18(10-12-19)13-14-27(3,4)5/h9-12,15,22,25H,6-8,16H2,1-5H3/t22-,24-/m0/s1. The first-order valence-electron chi connectivity index (χ1n) is 9.87. The molecule has 0 amide bonds. The number of allylic oxidation sites excluding steroid dienone is 2. The number of fused-ring (bicyclic) bond motifs is 1. The van der Waals surface area contributed by atoms with E-state index in [9.17, 15) is 9.90 Å². The Morgan fingerprint density at radius 3 is 2.52 bits per heavy atom. The number of rotatable bonds is 1. The Balaban J connectivity index is 1.90. The molecular formula is C24H30O2Si. The molecule has 3 heteroatoms. The summed E-state index contributed by atoms with van der Waals surface area (Å²) < 4.78 is 0. The summed E-state index contributed by atoms with van der Waals surface area (Å²) in [4.78, 5) is 12.9. The van der Waals surface area contributed by atoms with E-state index in [1.165, 1.54) is 5.57 Å². The van der Waals surface area contributed by atoms with Gasteiger partial charge in [0.05, 0.1) is 6.10 Å². The molecule has 2 aliphatic rings. The van der Waals surface area contributed by atoms with Gasteiger partial charge in [0, 0.05) is 16.6 Å². The van der Waals surface area contributed by atoms with E-state index < -0.39 is 8.07 Å². The molecule has 2 atom stereocenters. The lowest BCUT2D eigenvalue weighted by atomic mass is 9.61. The van der Waals surface area contributed by atoms with Crippen LogP contribution in [0.15, 0.2) is 41.0 Å². The fourth-order valence-electron chi connectivity index (χ4n) is 4.21. The van der Waals surface area contributed by atoms with Crippen molar-refractivity contribution in [3.8, 4) is 11.5 Å². The zero-order valence-corrected chi connectivity index (χ0v) is 18.1. The smallest absolute Gasteiger partial charge is 0.184 e. The molecule has 1 fully saturated rings. The number of benzene rings is 1. The predicted octanol–water partition coefficient (Wildman–Crippen LogP) is 5.14. The third kappa shape index (κ3) is 4.18. The van der Waals surface area contributed by atoms with Crippen LogP contribution in [0.2, 0.25) is 19.6 Å². The van der Waals surface area contributed by atoms with Crippen molar-refractivity contribution in [1.29, 1.82) is 0 Å². The molecule has 0 saturated heterocycles. The summed E-state index contributed by atoms with van der Waals surface area (Å²) >= 11 is 0. The maximum Gasteiger partial charge on any atom is 0.184 e. The van der Waals surface area contributed by atoms with Crippen molar-refractivity contribution in [3.63, 3.8) is 0 Å². The van der Waals surface area contributed by atoms with E-state index in [0.717, 1.165) is 41.5 Å². The molecule has 0 bridgehead atoms. The highest BCUT2D eigenvalue weighted by Crippen LogP contribution is 2.50. The van der Waals surface area contributed by atoms with Gasteiger partial charge in [0.25, 0.3) is 0 Å². The molecule has 0 heterocycles. The lowest BCUT2D eigenvalue weighted by Gasteiger charge is -2.45. The Morgan fingerprint density at radius 1 is 1.22 bits per heavy atom. The average Bonchev–Trinajstić information content (AvgIpc) is 2.60. The van der Waals surface area contributed by atoms with Gasteiger partial charge in [-0.1, -0.05) is 50.2 Å². The molecule has 27 heavy (non-hydrogen) atoms. The predicted molar refractivity (Wildman–Crippen MR) is 115 cm³/mol. The van der Waals surface area contributed by atoms with Gasteiger partial charge >= 0.3 is 0 Å². The minimum absolute atomic E-state index is 0.138. The maximum absolute atomic E-state index is 12.9. The van der Waals surface area contributed by atoms with E-state index in [2.05, 4.69) is 38.0 Å². The Morgan fingerprint density at radius 2 is 1.89 bits per heavy atom. The second-order valence-corrected chi connectivity index (χ2v) is 14.0. The fraction of sp³-hybridized carbons (Fsp3) is 0.458. The van der Waals surface area contributed by atoms with Gasteiger partial charge < -0.3 is 5.11 Å². The molecule has 1 aromatic carbocycles. The third-order valence-corrected chi connectivity index (χ3v) is 6.68. The van der Waals surface area contributed by atoms with Gasteiger partial charge in [0.2, 0.25) is 0 Å². The highest BCUT2D eigenvalue weighted by molar-refractivity contribution is 6.83. The third-order valence-electron chi connectivity index (χ3n) is 5.81. The fourth-order valence-corrected chi connectivity index (χ4v) is 4.73. The average molecular weight is 379 g/mol. The first kappa shape index (κ1) is 19.9. The Labute approximate surface area is 164 Å². The molecule has 2 aliphatic carbocycles. The van der Waals surface area contributed by atoms with Crippen LogP contribution < -0.4 is 0 Å². The molecule has 142 valence electrons. The minimum atomic E-state index is -1.38. The number of aliphatic hydroxyl groups is 1. The van der Waals surface area contributed by atoms with Crippen molar-refractivity contribution >= 4 is 19.9 Å². The molecular weight excluding hydrogens is 348 g/mol. The van der Waals surface area contributed by atoms with Crippen LogP contribution in [0.3, 0.4) is 0 Å². The number of carbonyl (C=O) groups is 1. The van der Waals surface area contributed by atoms with E-state index in [1.807, 2.05) is 37.3 Å². The van der Waals surface area contributed by atoms with Gasteiger partial charge in [0.15, 0.2) is 5.78 Å². The Hall–Kier alpha value is -1.89. The van der Waals surface area contributed by atoms with Gasteiger partial charge in [-0.25, -0.2) is 0 Å². The van der Waals surface area contributed by atoms with E-state index >= 15 is 0 Å². The molecule has 0 aromatic heterocycles. The van der Waals surface area contributed by atoms with E-state index in [4.69, 9.17) is 0 Å². The van der Waals surface area contributed by atoms with Crippen molar-refractivity contribution in [3.05, 3.63) is 52.1 Å². The highest BCUT2D eigenvalue weighted by atomic mass is 28.3. The van der Waals surface area contributed by atoms with Crippen molar-refractivity contribution < 1.29 is 9.90 Å². The highest BCUT2D eigenvalue weighted by Gasteiger charge is 2.45. The second kappa shape index (κ2) is 7.26. The van der Waals surface area contributed by atoms with Crippen LogP contribution in [0.4, 0.5) is 0 Å². The Kier molecular flexibility index (Phi) is 5.34. The molecule has 3 rings (SSSR count). The van der Waals surface area contributed by atoms with E-state index in [1.54, 1.807) is 0 Å². The molecule has 0 aliphatic heterocycles. The molecule has 0 radical (unpaired) electrons. The van der Waals surface area contributed by atoms with Gasteiger partial charge in [-0.2, -0.15) is 0 Å². The van der Waals surface area contributed by atoms with Gasteiger partial charge in [-0.3, -0.25) is 4.79 Å². The maximum atomic E-state index is 12.9. The van der Waals surface area contributed by atoms with Gasteiger partial charge in [-0.15, -0.1) is 5.54 Å². The van der Waals surface area contributed by atoms with Crippen molar-refractivity contribution in [2.45, 2.75) is 65.3 Å². The van der Waals surface area contributed by atoms with Crippen LogP contribution in [0.1, 0.15) is 50.7 Å². The molecule has 0 unspecified atom stereocenters. The molecule has 1 N–H and O–H groups in total. The molecule has 2 nitrogen and oxygen atoms in total. The monoisotopic (exact) mass is 378 g/mol.